The molecule has 4 N–H and O–H groups in total. The van der Waals surface area contributed by atoms with Crippen LogP contribution < -0.4 is 25.0 Å². The number of hydrogen-bond acceptors (Lipinski definition) is 11. The van der Waals surface area contributed by atoms with Crippen LogP contribution in [0.3, 0.4) is 0 Å². The Morgan fingerprint density at radius 1 is 0.780 bits per heavy atom. The third kappa shape index (κ3) is 6.26. The SMILES string of the molecule is CN(C)CCOc1cc2nc(N3CCN(c4cc(O)c5ccccc5c4O)CC3)nc(N)c2cc1OCCN(C)C. The summed E-state index contributed by atoms with van der Waals surface area (Å²) in [6.07, 6.45) is 0. The molecule has 1 aliphatic heterocycles. The van der Waals surface area contributed by atoms with Crippen molar-refractivity contribution in [3.63, 3.8) is 0 Å². The van der Waals surface area contributed by atoms with Crippen molar-refractivity contribution in [2.75, 3.05) is 96.2 Å². The first kappa shape index (κ1) is 28.3. The molecule has 1 saturated heterocycles. The molecule has 0 amide bonds. The second kappa shape index (κ2) is 12.1. The Kier molecular flexibility index (Phi) is 8.36. The lowest BCUT2D eigenvalue weighted by Crippen LogP contribution is -2.47. The van der Waals surface area contributed by atoms with E-state index < -0.39 is 0 Å². The number of benzene rings is 3. The molecule has 5 rings (SSSR count). The molecular formula is C30H39N7O4. The largest absolute Gasteiger partial charge is 0.507 e. The van der Waals surface area contributed by atoms with Gasteiger partial charge in [0, 0.05) is 67.6 Å². The van der Waals surface area contributed by atoms with Gasteiger partial charge in [0.1, 0.15) is 30.5 Å². The molecule has 41 heavy (non-hydrogen) atoms. The molecule has 11 nitrogen and oxygen atoms in total. The Hall–Kier alpha value is -4.22. The number of phenolic OH excluding ortho intramolecular Hbond substituents is 2. The van der Waals surface area contributed by atoms with Crippen LogP contribution in [0.15, 0.2) is 42.5 Å². The molecule has 11 heteroatoms. The molecule has 0 atom stereocenters. The molecular weight excluding hydrogens is 522 g/mol. The zero-order valence-electron chi connectivity index (χ0n) is 24.2. The standard InChI is InChI=1S/C30H39N7O4/c1-34(2)13-15-40-26-17-22-23(18-27(26)41-16-14-35(3)4)32-30(33-29(22)31)37-11-9-36(10-12-37)24-19-25(38)20-7-5-6-8-21(20)28(24)39/h5-8,17-19,38-39H,9-16H2,1-4H3,(H2,31,32,33). The quantitative estimate of drug-likeness (QED) is 0.248. The van der Waals surface area contributed by atoms with Crippen LogP contribution in [0.1, 0.15) is 0 Å². The first-order valence-electron chi connectivity index (χ1n) is 13.8. The Morgan fingerprint density at radius 2 is 1.37 bits per heavy atom. The Bertz CT molecular complexity index is 1520. The van der Waals surface area contributed by atoms with E-state index in [1.54, 1.807) is 12.1 Å². The maximum Gasteiger partial charge on any atom is 0.228 e. The van der Waals surface area contributed by atoms with Gasteiger partial charge in [-0.3, -0.25) is 0 Å². The summed E-state index contributed by atoms with van der Waals surface area (Å²) < 4.78 is 12.2. The summed E-state index contributed by atoms with van der Waals surface area (Å²) >= 11 is 0. The van der Waals surface area contributed by atoms with Gasteiger partial charge in [0.05, 0.1) is 11.2 Å². The van der Waals surface area contributed by atoms with Gasteiger partial charge in [-0.15, -0.1) is 0 Å². The normalized spacial score (nSPS) is 14.0. The monoisotopic (exact) mass is 561 g/mol. The number of aromatic hydroxyl groups is 2. The van der Waals surface area contributed by atoms with Crippen LogP contribution in [0.4, 0.5) is 17.5 Å². The molecule has 1 aliphatic rings. The fraction of sp³-hybridized carbons (Fsp3) is 0.400. The van der Waals surface area contributed by atoms with E-state index in [-0.39, 0.29) is 11.5 Å². The summed E-state index contributed by atoms with van der Waals surface area (Å²) in [6.45, 7) is 5.02. The van der Waals surface area contributed by atoms with Crippen LogP contribution in [0.2, 0.25) is 0 Å². The second-order valence-corrected chi connectivity index (χ2v) is 10.8. The van der Waals surface area contributed by atoms with E-state index in [2.05, 4.69) is 24.6 Å². The van der Waals surface area contributed by atoms with E-state index in [1.165, 1.54) is 0 Å². The third-order valence-electron chi connectivity index (χ3n) is 7.25. The number of nitrogen functional groups attached to an aromatic ring is 1. The van der Waals surface area contributed by atoms with Gasteiger partial charge in [-0.2, -0.15) is 4.98 Å². The lowest BCUT2D eigenvalue weighted by molar-refractivity contribution is 0.227. The van der Waals surface area contributed by atoms with Gasteiger partial charge < -0.3 is 45.0 Å². The van der Waals surface area contributed by atoms with Gasteiger partial charge in [-0.05, 0) is 34.3 Å². The summed E-state index contributed by atoms with van der Waals surface area (Å²) in [5.41, 5.74) is 7.75. The third-order valence-corrected chi connectivity index (χ3v) is 7.25. The highest BCUT2D eigenvalue weighted by Gasteiger charge is 2.24. The van der Waals surface area contributed by atoms with E-state index in [0.29, 0.717) is 90.0 Å². The van der Waals surface area contributed by atoms with Gasteiger partial charge >= 0.3 is 0 Å². The van der Waals surface area contributed by atoms with Crippen molar-refractivity contribution in [2.45, 2.75) is 0 Å². The highest BCUT2D eigenvalue weighted by atomic mass is 16.5. The zero-order chi connectivity index (χ0) is 29.1. The molecule has 0 aliphatic carbocycles. The first-order valence-corrected chi connectivity index (χ1v) is 13.8. The summed E-state index contributed by atoms with van der Waals surface area (Å²) in [6, 6.07) is 12.7. The molecule has 0 unspecified atom stereocenters. The average Bonchev–Trinajstić information content (AvgIpc) is 2.95. The number of ether oxygens (including phenoxy) is 2. The summed E-state index contributed by atoms with van der Waals surface area (Å²) in [4.78, 5) is 17.8. The number of nitrogens with two attached hydrogens (primary N) is 1. The fourth-order valence-electron chi connectivity index (χ4n) is 4.91. The fourth-order valence-corrected chi connectivity index (χ4v) is 4.91. The zero-order valence-corrected chi connectivity index (χ0v) is 24.2. The highest BCUT2D eigenvalue weighted by Crippen LogP contribution is 2.41. The van der Waals surface area contributed by atoms with Gasteiger partial charge in [0.2, 0.25) is 5.95 Å². The van der Waals surface area contributed by atoms with Crippen molar-refractivity contribution in [1.82, 2.24) is 19.8 Å². The van der Waals surface area contributed by atoms with E-state index >= 15 is 0 Å². The number of hydrogen-bond donors (Lipinski definition) is 3. The van der Waals surface area contributed by atoms with Crippen LogP contribution in [-0.2, 0) is 0 Å². The maximum atomic E-state index is 11.0. The minimum absolute atomic E-state index is 0.148. The number of fused-ring (bicyclic) bond motifs is 2. The number of anilines is 3. The highest BCUT2D eigenvalue weighted by molar-refractivity contribution is 5.97. The summed E-state index contributed by atoms with van der Waals surface area (Å²) in [7, 11) is 8.00. The lowest BCUT2D eigenvalue weighted by Gasteiger charge is -2.36. The molecule has 0 spiro atoms. The van der Waals surface area contributed by atoms with Crippen molar-refractivity contribution in [1.29, 1.82) is 0 Å². The van der Waals surface area contributed by atoms with E-state index in [0.717, 1.165) is 13.1 Å². The van der Waals surface area contributed by atoms with Crippen molar-refractivity contribution >= 4 is 39.1 Å². The van der Waals surface area contributed by atoms with Crippen LogP contribution in [0.25, 0.3) is 21.7 Å². The molecule has 2 heterocycles. The predicted molar refractivity (Wildman–Crippen MR) is 164 cm³/mol. The van der Waals surface area contributed by atoms with Crippen molar-refractivity contribution in [3.05, 3.63) is 42.5 Å². The topological polar surface area (TPSA) is 124 Å². The lowest BCUT2D eigenvalue weighted by atomic mass is 10.1. The first-order chi connectivity index (χ1) is 19.7. The number of piperazine rings is 1. The molecule has 0 saturated carbocycles. The maximum absolute atomic E-state index is 11.0. The van der Waals surface area contributed by atoms with Gasteiger partial charge in [0.25, 0.3) is 0 Å². The van der Waals surface area contributed by atoms with Crippen LogP contribution in [-0.4, -0.2) is 111 Å². The van der Waals surface area contributed by atoms with Gasteiger partial charge in [0.15, 0.2) is 11.5 Å². The molecule has 0 radical (unpaired) electrons. The molecule has 3 aromatic carbocycles. The van der Waals surface area contributed by atoms with Crippen LogP contribution >= 0.6 is 0 Å². The molecule has 4 aromatic rings. The number of likely N-dealkylation sites (N-methyl/N-ethyl adjacent to an activating group) is 2. The van der Waals surface area contributed by atoms with Crippen LogP contribution in [0, 0.1) is 0 Å². The van der Waals surface area contributed by atoms with Gasteiger partial charge in [-0.1, -0.05) is 24.3 Å². The molecule has 0 bridgehead atoms. The Morgan fingerprint density at radius 3 is 2.00 bits per heavy atom. The van der Waals surface area contributed by atoms with Crippen molar-refractivity contribution in [3.8, 4) is 23.0 Å². The number of rotatable bonds is 10. The Balaban J connectivity index is 1.37. The molecule has 218 valence electrons. The minimum Gasteiger partial charge on any atom is -0.507 e. The van der Waals surface area contributed by atoms with Gasteiger partial charge in [-0.25, -0.2) is 4.98 Å². The molecule has 1 fully saturated rings. The number of phenols is 2. The molecule has 1 aromatic heterocycles. The van der Waals surface area contributed by atoms with Crippen molar-refractivity contribution < 1.29 is 19.7 Å². The van der Waals surface area contributed by atoms with Crippen LogP contribution in [0.5, 0.6) is 23.0 Å². The Labute approximate surface area is 240 Å². The number of aromatic nitrogens is 2. The second-order valence-electron chi connectivity index (χ2n) is 10.8. The number of nitrogens with zero attached hydrogens (tertiary/aromatic N) is 6. The smallest absolute Gasteiger partial charge is 0.228 e. The summed E-state index contributed by atoms with van der Waals surface area (Å²) in [5, 5.41) is 23.5. The van der Waals surface area contributed by atoms with E-state index in [4.69, 9.17) is 20.2 Å². The minimum atomic E-state index is 0.148. The van der Waals surface area contributed by atoms with E-state index in [9.17, 15) is 10.2 Å². The summed E-state index contributed by atoms with van der Waals surface area (Å²) in [5.74, 6) is 2.48. The van der Waals surface area contributed by atoms with E-state index in [1.807, 2.05) is 58.5 Å². The predicted octanol–water partition coefficient (Wildman–Crippen LogP) is 2.98. The average molecular weight is 562 g/mol. The van der Waals surface area contributed by atoms with Crippen molar-refractivity contribution in [2.24, 2.45) is 0 Å².